The van der Waals surface area contributed by atoms with Crippen LogP contribution in [0, 0.1) is 5.82 Å². The number of nitrogens with one attached hydrogen (secondary N) is 1. The smallest absolute Gasteiger partial charge is 0.252 e. The third-order valence-electron chi connectivity index (χ3n) is 6.40. The lowest BCUT2D eigenvalue weighted by atomic mass is 10.1. The van der Waals surface area contributed by atoms with Crippen molar-refractivity contribution in [2.45, 2.75) is 33.1 Å². The van der Waals surface area contributed by atoms with Gasteiger partial charge in [-0.1, -0.05) is 30.3 Å². The summed E-state index contributed by atoms with van der Waals surface area (Å²) in [5.74, 6) is 1.81. The number of aromatic amines is 1. The first-order valence-corrected chi connectivity index (χ1v) is 12.6. The van der Waals surface area contributed by atoms with Gasteiger partial charge in [0.15, 0.2) is 5.82 Å². The van der Waals surface area contributed by atoms with Crippen molar-refractivity contribution in [2.24, 2.45) is 0 Å². The minimum absolute atomic E-state index is 0.164. The van der Waals surface area contributed by atoms with E-state index in [1.165, 1.54) is 12.1 Å². The fourth-order valence-corrected chi connectivity index (χ4v) is 4.51. The number of H-pyrrole nitrogens is 1. The highest BCUT2D eigenvalue weighted by Crippen LogP contribution is 2.23. The molecule has 0 aliphatic rings. The Kier molecular flexibility index (Phi) is 7.93. The lowest BCUT2D eigenvalue weighted by Gasteiger charge is -2.23. The Hall–Kier alpha value is -4.57. The van der Waals surface area contributed by atoms with Gasteiger partial charge in [-0.2, -0.15) is 0 Å². The minimum atomic E-state index is -0.298. The molecule has 0 fully saturated rings. The predicted molar refractivity (Wildman–Crippen MR) is 145 cm³/mol. The highest BCUT2D eigenvalue weighted by molar-refractivity contribution is 5.80. The molecule has 200 valence electrons. The highest BCUT2D eigenvalue weighted by atomic mass is 19.1. The first-order chi connectivity index (χ1) is 19.0. The largest absolute Gasteiger partial charge is 0.496 e. The van der Waals surface area contributed by atoms with E-state index in [0.29, 0.717) is 44.2 Å². The summed E-state index contributed by atoms with van der Waals surface area (Å²) < 4.78 is 26.3. The van der Waals surface area contributed by atoms with E-state index < -0.39 is 0 Å². The molecule has 9 nitrogen and oxygen atoms in total. The zero-order chi connectivity index (χ0) is 27.2. The molecule has 1 N–H and O–H groups in total. The van der Waals surface area contributed by atoms with Crippen LogP contribution >= 0.6 is 0 Å². The van der Waals surface area contributed by atoms with E-state index >= 15 is 0 Å². The number of hydrogen-bond acceptors (Lipinski definition) is 7. The standard InChI is InChI=1S/C29H29FN6O3/c1-3-39-25-12-13-26-22(15-25)14-23(29(37)31-26)18-35(17-21-6-4-5-7-27(21)38-2)19-28-32-33-34-36(28)16-20-8-10-24(30)11-9-20/h4-15H,3,16-19H2,1-2H3,(H,31,37). The maximum atomic E-state index is 13.4. The molecular weight excluding hydrogens is 499 g/mol. The van der Waals surface area contributed by atoms with Crippen LogP contribution < -0.4 is 15.0 Å². The van der Waals surface area contributed by atoms with Gasteiger partial charge in [-0.15, -0.1) is 5.10 Å². The van der Waals surface area contributed by atoms with Crippen LogP contribution in [0.5, 0.6) is 11.5 Å². The molecule has 2 heterocycles. The Balaban J connectivity index is 1.46. The van der Waals surface area contributed by atoms with E-state index in [1.807, 2.05) is 55.5 Å². The second-order valence-electron chi connectivity index (χ2n) is 9.14. The lowest BCUT2D eigenvalue weighted by Crippen LogP contribution is -2.28. The molecule has 0 aliphatic carbocycles. The monoisotopic (exact) mass is 528 g/mol. The fraction of sp³-hybridized carbons (Fsp3) is 0.241. The Labute approximate surface area is 224 Å². The van der Waals surface area contributed by atoms with Gasteiger partial charge in [0.05, 0.1) is 26.8 Å². The number of para-hydroxylation sites is 1. The average molecular weight is 529 g/mol. The van der Waals surface area contributed by atoms with Crippen molar-refractivity contribution in [3.05, 3.63) is 111 Å². The summed E-state index contributed by atoms with van der Waals surface area (Å²) in [5, 5.41) is 13.2. The molecule has 0 spiro atoms. The van der Waals surface area contributed by atoms with Crippen LogP contribution in [-0.2, 0) is 26.2 Å². The number of methoxy groups -OCH3 is 1. The first-order valence-electron chi connectivity index (χ1n) is 12.6. The van der Waals surface area contributed by atoms with Gasteiger partial charge in [0.1, 0.15) is 17.3 Å². The van der Waals surface area contributed by atoms with E-state index in [2.05, 4.69) is 25.4 Å². The number of ether oxygens (including phenoxy) is 2. The number of rotatable bonds is 11. The van der Waals surface area contributed by atoms with Gasteiger partial charge >= 0.3 is 0 Å². The number of hydrogen-bond donors (Lipinski definition) is 1. The topological polar surface area (TPSA) is 98.2 Å². The Morgan fingerprint density at radius 2 is 1.77 bits per heavy atom. The minimum Gasteiger partial charge on any atom is -0.496 e. The summed E-state index contributed by atoms with van der Waals surface area (Å²) in [6.07, 6.45) is 0. The molecule has 39 heavy (non-hydrogen) atoms. The van der Waals surface area contributed by atoms with Gasteiger partial charge in [0.2, 0.25) is 0 Å². The van der Waals surface area contributed by atoms with E-state index in [1.54, 1.807) is 23.9 Å². The van der Waals surface area contributed by atoms with Crippen LogP contribution in [0.4, 0.5) is 4.39 Å². The number of fused-ring (bicyclic) bond motifs is 1. The normalized spacial score (nSPS) is 11.3. The number of pyridine rings is 1. The number of halogens is 1. The molecule has 0 radical (unpaired) electrons. The van der Waals surface area contributed by atoms with Gasteiger partial charge in [0.25, 0.3) is 5.56 Å². The maximum Gasteiger partial charge on any atom is 0.252 e. The maximum absolute atomic E-state index is 13.4. The van der Waals surface area contributed by atoms with Crippen molar-refractivity contribution in [3.63, 3.8) is 0 Å². The Morgan fingerprint density at radius 3 is 2.56 bits per heavy atom. The molecule has 10 heteroatoms. The molecule has 0 amide bonds. The van der Waals surface area contributed by atoms with Crippen molar-refractivity contribution in [1.82, 2.24) is 30.1 Å². The zero-order valence-corrected chi connectivity index (χ0v) is 21.8. The number of aromatic nitrogens is 5. The molecule has 3 aromatic carbocycles. The van der Waals surface area contributed by atoms with Crippen molar-refractivity contribution in [1.29, 1.82) is 0 Å². The third kappa shape index (κ3) is 6.29. The first kappa shape index (κ1) is 26.1. The van der Waals surface area contributed by atoms with E-state index in [4.69, 9.17) is 9.47 Å². The lowest BCUT2D eigenvalue weighted by molar-refractivity contribution is 0.232. The van der Waals surface area contributed by atoms with Crippen LogP contribution in [0.1, 0.15) is 29.4 Å². The van der Waals surface area contributed by atoms with Crippen LogP contribution in [-0.4, -0.2) is 43.8 Å². The zero-order valence-electron chi connectivity index (χ0n) is 21.8. The molecule has 0 aliphatic heterocycles. The molecule has 5 aromatic rings. The van der Waals surface area contributed by atoms with Gasteiger partial charge in [0, 0.05) is 35.1 Å². The number of tetrazole rings is 1. The second-order valence-corrected chi connectivity index (χ2v) is 9.14. The van der Waals surface area contributed by atoms with E-state index in [-0.39, 0.29) is 11.4 Å². The number of benzene rings is 3. The molecule has 0 saturated carbocycles. The molecule has 5 rings (SSSR count). The van der Waals surface area contributed by atoms with Crippen LogP contribution in [0.25, 0.3) is 10.9 Å². The summed E-state index contributed by atoms with van der Waals surface area (Å²) >= 11 is 0. The summed E-state index contributed by atoms with van der Waals surface area (Å²) in [4.78, 5) is 18.2. The van der Waals surface area contributed by atoms with Gasteiger partial charge in [-0.05, 0) is 65.4 Å². The average Bonchev–Trinajstić information content (AvgIpc) is 3.37. The molecule has 0 atom stereocenters. The van der Waals surface area contributed by atoms with Gasteiger partial charge < -0.3 is 14.5 Å². The van der Waals surface area contributed by atoms with Crippen molar-refractivity contribution < 1.29 is 13.9 Å². The van der Waals surface area contributed by atoms with E-state index in [0.717, 1.165) is 33.5 Å². The summed E-state index contributed by atoms with van der Waals surface area (Å²) in [5.41, 5.74) is 3.02. The Bertz CT molecular complexity index is 1620. The molecule has 0 unspecified atom stereocenters. The third-order valence-corrected chi connectivity index (χ3v) is 6.40. The fourth-order valence-electron chi connectivity index (χ4n) is 4.51. The van der Waals surface area contributed by atoms with Crippen molar-refractivity contribution >= 4 is 10.9 Å². The summed E-state index contributed by atoms with van der Waals surface area (Å²) in [6, 6.07) is 21.5. The molecular formula is C29H29FN6O3. The molecule has 0 saturated heterocycles. The van der Waals surface area contributed by atoms with E-state index in [9.17, 15) is 9.18 Å². The van der Waals surface area contributed by atoms with Crippen LogP contribution in [0.15, 0.2) is 77.6 Å². The predicted octanol–water partition coefficient (Wildman–Crippen LogP) is 4.31. The molecule has 0 bridgehead atoms. The van der Waals surface area contributed by atoms with Crippen molar-refractivity contribution in [2.75, 3.05) is 13.7 Å². The molecule has 2 aromatic heterocycles. The SMILES string of the molecule is CCOc1ccc2[nH]c(=O)c(CN(Cc3ccccc3OC)Cc3nnnn3Cc3ccc(F)cc3)cc2c1. The second kappa shape index (κ2) is 11.9. The quantitative estimate of drug-likeness (QED) is 0.273. The van der Waals surface area contributed by atoms with Crippen LogP contribution in [0.3, 0.4) is 0 Å². The summed E-state index contributed by atoms with van der Waals surface area (Å²) in [6.45, 7) is 4.07. The summed E-state index contributed by atoms with van der Waals surface area (Å²) in [7, 11) is 1.64. The van der Waals surface area contributed by atoms with Gasteiger partial charge in [-0.25, -0.2) is 9.07 Å². The highest BCUT2D eigenvalue weighted by Gasteiger charge is 2.18. The van der Waals surface area contributed by atoms with Gasteiger partial charge in [-0.3, -0.25) is 9.69 Å². The van der Waals surface area contributed by atoms with Crippen molar-refractivity contribution in [3.8, 4) is 11.5 Å². The Morgan fingerprint density at radius 1 is 0.974 bits per heavy atom. The number of nitrogens with zero attached hydrogens (tertiary/aromatic N) is 5. The van der Waals surface area contributed by atoms with Crippen LogP contribution in [0.2, 0.25) is 0 Å².